The van der Waals surface area contributed by atoms with Crippen LogP contribution < -0.4 is 0 Å². The molecule has 1 atom stereocenters. The van der Waals surface area contributed by atoms with Gasteiger partial charge in [0.25, 0.3) is 0 Å². The fourth-order valence-electron chi connectivity index (χ4n) is 2.54. The van der Waals surface area contributed by atoms with Gasteiger partial charge in [-0.25, -0.2) is 0 Å². The average molecular weight is 283 g/mol. The Morgan fingerprint density at radius 1 is 1.00 bits per heavy atom. The van der Waals surface area contributed by atoms with Gasteiger partial charge in [-0.15, -0.1) is 0 Å². The first-order chi connectivity index (χ1) is 10.1. The Balaban J connectivity index is 1.85. The van der Waals surface area contributed by atoms with Crippen molar-refractivity contribution in [2.75, 3.05) is 13.6 Å². The number of rotatable bonds is 6. The van der Waals surface area contributed by atoms with Gasteiger partial charge in [0, 0.05) is 13.1 Å². The van der Waals surface area contributed by atoms with Crippen LogP contribution >= 0.6 is 0 Å². The minimum atomic E-state index is -0.383. The molecule has 2 aromatic rings. The summed E-state index contributed by atoms with van der Waals surface area (Å²) >= 11 is 0. The minimum Gasteiger partial charge on any atom is -0.388 e. The molecule has 0 bridgehead atoms. The molecular formula is C19H25NO. The largest absolute Gasteiger partial charge is 0.388 e. The SMILES string of the molecule is Cc1ccc(CN(C)CCC(O)c2ccccc2C)cc1. The van der Waals surface area contributed by atoms with Gasteiger partial charge in [-0.1, -0.05) is 54.1 Å². The third kappa shape index (κ3) is 4.69. The van der Waals surface area contributed by atoms with Crippen LogP contribution in [0.4, 0.5) is 0 Å². The van der Waals surface area contributed by atoms with Crippen molar-refractivity contribution in [1.82, 2.24) is 4.90 Å². The highest BCUT2D eigenvalue weighted by atomic mass is 16.3. The minimum absolute atomic E-state index is 0.383. The van der Waals surface area contributed by atoms with Crippen molar-refractivity contribution < 1.29 is 5.11 Å². The zero-order chi connectivity index (χ0) is 15.2. The first-order valence-corrected chi connectivity index (χ1v) is 7.54. The third-order valence-corrected chi connectivity index (χ3v) is 3.90. The highest BCUT2D eigenvalue weighted by Crippen LogP contribution is 2.20. The van der Waals surface area contributed by atoms with Gasteiger partial charge < -0.3 is 10.0 Å². The third-order valence-electron chi connectivity index (χ3n) is 3.90. The molecule has 0 amide bonds. The number of nitrogens with zero attached hydrogens (tertiary/aromatic N) is 1. The summed E-state index contributed by atoms with van der Waals surface area (Å²) in [6.07, 6.45) is 0.374. The lowest BCUT2D eigenvalue weighted by atomic mass is 10.0. The van der Waals surface area contributed by atoms with Crippen molar-refractivity contribution in [3.05, 3.63) is 70.8 Å². The Kier molecular flexibility index (Phi) is 5.54. The molecule has 2 rings (SSSR count). The first-order valence-electron chi connectivity index (χ1n) is 7.54. The van der Waals surface area contributed by atoms with Crippen molar-refractivity contribution in [3.8, 4) is 0 Å². The Hall–Kier alpha value is -1.64. The van der Waals surface area contributed by atoms with E-state index in [0.29, 0.717) is 0 Å². The highest BCUT2D eigenvalue weighted by Gasteiger charge is 2.11. The Morgan fingerprint density at radius 3 is 2.33 bits per heavy atom. The molecule has 0 fully saturated rings. The van der Waals surface area contributed by atoms with E-state index in [1.54, 1.807) is 0 Å². The lowest BCUT2D eigenvalue weighted by Crippen LogP contribution is -2.21. The smallest absolute Gasteiger partial charge is 0.0804 e. The van der Waals surface area contributed by atoms with Gasteiger partial charge >= 0.3 is 0 Å². The van der Waals surface area contributed by atoms with E-state index < -0.39 is 0 Å². The molecular weight excluding hydrogens is 258 g/mol. The van der Waals surface area contributed by atoms with E-state index >= 15 is 0 Å². The van der Waals surface area contributed by atoms with E-state index in [4.69, 9.17) is 0 Å². The lowest BCUT2D eigenvalue weighted by molar-refractivity contribution is 0.147. The summed E-state index contributed by atoms with van der Waals surface area (Å²) in [5, 5.41) is 10.3. The fourth-order valence-corrected chi connectivity index (χ4v) is 2.54. The van der Waals surface area contributed by atoms with Crippen molar-refractivity contribution in [1.29, 1.82) is 0 Å². The van der Waals surface area contributed by atoms with Crippen LogP contribution in [0.5, 0.6) is 0 Å². The summed E-state index contributed by atoms with van der Waals surface area (Å²) in [7, 11) is 2.10. The van der Waals surface area contributed by atoms with Crippen molar-refractivity contribution in [3.63, 3.8) is 0 Å². The fraction of sp³-hybridized carbons (Fsp3) is 0.368. The van der Waals surface area contributed by atoms with Crippen LogP contribution in [0.1, 0.15) is 34.8 Å². The number of hydrogen-bond donors (Lipinski definition) is 1. The zero-order valence-corrected chi connectivity index (χ0v) is 13.2. The zero-order valence-electron chi connectivity index (χ0n) is 13.2. The molecule has 0 aliphatic carbocycles. The predicted molar refractivity (Wildman–Crippen MR) is 88.3 cm³/mol. The number of aryl methyl sites for hydroxylation is 2. The summed E-state index contributed by atoms with van der Waals surface area (Å²) in [4.78, 5) is 2.26. The van der Waals surface area contributed by atoms with Crippen LogP contribution in [-0.4, -0.2) is 23.6 Å². The van der Waals surface area contributed by atoms with Gasteiger partial charge in [0.2, 0.25) is 0 Å². The number of benzene rings is 2. The van der Waals surface area contributed by atoms with E-state index in [1.807, 2.05) is 18.2 Å². The molecule has 2 aromatic carbocycles. The van der Waals surface area contributed by atoms with Crippen LogP contribution in [0.2, 0.25) is 0 Å². The molecule has 0 saturated carbocycles. The molecule has 0 aliphatic rings. The van der Waals surface area contributed by atoms with E-state index in [-0.39, 0.29) is 6.10 Å². The van der Waals surface area contributed by atoms with Crippen molar-refractivity contribution in [2.24, 2.45) is 0 Å². The summed E-state index contributed by atoms with van der Waals surface area (Å²) < 4.78 is 0. The van der Waals surface area contributed by atoms with Crippen molar-refractivity contribution >= 4 is 0 Å². The van der Waals surface area contributed by atoms with Crippen molar-refractivity contribution in [2.45, 2.75) is 32.9 Å². The lowest BCUT2D eigenvalue weighted by Gasteiger charge is -2.20. The molecule has 112 valence electrons. The molecule has 0 radical (unpaired) electrons. The normalized spacial score (nSPS) is 12.6. The molecule has 0 spiro atoms. The molecule has 0 aliphatic heterocycles. The predicted octanol–water partition coefficient (Wildman–Crippen LogP) is 3.86. The van der Waals surface area contributed by atoms with Crippen LogP contribution in [0, 0.1) is 13.8 Å². The monoisotopic (exact) mass is 283 g/mol. The molecule has 1 unspecified atom stereocenters. The second-order valence-electron chi connectivity index (χ2n) is 5.88. The standard InChI is InChI=1S/C19H25NO/c1-15-8-10-17(11-9-15)14-20(3)13-12-19(21)18-7-5-4-6-16(18)2/h4-11,19,21H,12-14H2,1-3H3. The van der Waals surface area contributed by atoms with Crippen LogP contribution in [0.3, 0.4) is 0 Å². The summed E-state index contributed by atoms with van der Waals surface area (Å²) in [6.45, 7) is 5.95. The Morgan fingerprint density at radius 2 is 1.67 bits per heavy atom. The maximum Gasteiger partial charge on any atom is 0.0804 e. The van der Waals surface area contributed by atoms with Gasteiger partial charge in [-0.05, 0) is 44.0 Å². The number of aliphatic hydroxyl groups is 1. The van der Waals surface area contributed by atoms with E-state index in [2.05, 4.69) is 56.1 Å². The number of aliphatic hydroxyl groups excluding tert-OH is 1. The van der Waals surface area contributed by atoms with E-state index in [0.717, 1.165) is 30.6 Å². The molecule has 0 heterocycles. The van der Waals surface area contributed by atoms with Gasteiger partial charge in [-0.3, -0.25) is 0 Å². The van der Waals surface area contributed by atoms with E-state index in [9.17, 15) is 5.11 Å². The van der Waals surface area contributed by atoms with Crippen LogP contribution in [0.25, 0.3) is 0 Å². The first kappa shape index (κ1) is 15.7. The van der Waals surface area contributed by atoms with Gasteiger partial charge in [0.05, 0.1) is 6.10 Å². The molecule has 21 heavy (non-hydrogen) atoms. The Labute approximate surface area is 128 Å². The number of hydrogen-bond acceptors (Lipinski definition) is 2. The molecule has 1 N–H and O–H groups in total. The van der Waals surface area contributed by atoms with Gasteiger partial charge in [0.1, 0.15) is 0 Å². The maximum absolute atomic E-state index is 10.3. The van der Waals surface area contributed by atoms with E-state index in [1.165, 1.54) is 11.1 Å². The van der Waals surface area contributed by atoms with Gasteiger partial charge in [0.15, 0.2) is 0 Å². The van der Waals surface area contributed by atoms with Gasteiger partial charge in [-0.2, -0.15) is 0 Å². The summed E-state index contributed by atoms with van der Waals surface area (Å²) in [6, 6.07) is 16.7. The maximum atomic E-state index is 10.3. The molecule has 2 nitrogen and oxygen atoms in total. The highest BCUT2D eigenvalue weighted by molar-refractivity contribution is 5.27. The quantitative estimate of drug-likeness (QED) is 0.870. The molecule has 0 aromatic heterocycles. The Bertz CT molecular complexity index is 562. The summed E-state index contributed by atoms with van der Waals surface area (Å²) in [5.41, 5.74) is 4.80. The second-order valence-corrected chi connectivity index (χ2v) is 5.88. The summed E-state index contributed by atoms with van der Waals surface area (Å²) in [5.74, 6) is 0. The molecule has 0 saturated heterocycles. The average Bonchev–Trinajstić information content (AvgIpc) is 2.48. The van der Waals surface area contributed by atoms with Crippen LogP contribution in [0.15, 0.2) is 48.5 Å². The topological polar surface area (TPSA) is 23.5 Å². The van der Waals surface area contributed by atoms with Crippen LogP contribution in [-0.2, 0) is 6.54 Å². The molecule has 2 heteroatoms. The second kappa shape index (κ2) is 7.39.